The topological polar surface area (TPSA) is 34.2 Å². The fraction of sp³-hybridized carbons (Fsp3) is 0.389. The molecule has 3 rings (SSSR count). The van der Waals surface area contributed by atoms with E-state index < -0.39 is 0 Å². The average Bonchev–Trinajstić information content (AvgIpc) is 3.00. The zero-order chi connectivity index (χ0) is 14.5. The fourth-order valence-electron chi connectivity index (χ4n) is 2.86. The molecule has 3 heteroatoms. The highest BCUT2D eigenvalue weighted by Gasteiger charge is 2.15. The molecule has 1 aromatic carbocycles. The summed E-state index contributed by atoms with van der Waals surface area (Å²) < 4.78 is 5.58. The normalized spacial score (nSPS) is 14.5. The van der Waals surface area contributed by atoms with Gasteiger partial charge >= 0.3 is 0 Å². The quantitative estimate of drug-likeness (QED) is 0.882. The molecule has 2 heterocycles. The predicted molar refractivity (Wildman–Crippen MR) is 84.6 cm³/mol. The van der Waals surface area contributed by atoms with Gasteiger partial charge in [-0.05, 0) is 48.2 Å². The number of nitrogens with one attached hydrogen (secondary N) is 1. The molecular formula is C18H22N2O. The maximum atomic E-state index is 5.58. The Morgan fingerprint density at radius 2 is 2.29 bits per heavy atom. The minimum Gasteiger partial charge on any atom is -0.493 e. The van der Waals surface area contributed by atoms with Crippen molar-refractivity contribution < 1.29 is 4.74 Å². The summed E-state index contributed by atoms with van der Waals surface area (Å²) in [6.45, 7) is 4.02. The van der Waals surface area contributed by atoms with Crippen molar-refractivity contribution in [1.82, 2.24) is 10.3 Å². The van der Waals surface area contributed by atoms with Crippen molar-refractivity contribution in [1.29, 1.82) is 0 Å². The molecule has 1 aliphatic rings. The second-order valence-electron chi connectivity index (χ2n) is 5.49. The van der Waals surface area contributed by atoms with Crippen molar-refractivity contribution in [2.75, 3.05) is 13.2 Å². The molecule has 2 aromatic rings. The molecular weight excluding hydrogens is 260 g/mol. The Balaban J connectivity index is 1.60. The third kappa shape index (κ3) is 3.42. The summed E-state index contributed by atoms with van der Waals surface area (Å²) >= 11 is 0. The van der Waals surface area contributed by atoms with E-state index in [2.05, 4.69) is 41.5 Å². The molecule has 0 saturated carbocycles. The highest BCUT2D eigenvalue weighted by molar-refractivity contribution is 5.40. The van der Waals surface area contributed by atoms with Gasteiger partial charge in [-0.25, -0.2) is 0 Å². The summed E-state index contributed by atoms with van der Waals surface area (Å²) in [4.78, 5) is 4.16. The lowest BCUT2D eigenvalue weighted by Crippen LogP contribution is -2.23. The van der Waals surface area contributed by atoms with Crippen molar-refractivity contribution >= 4 is 0 Å². The summed E-state index contributed by atoms with van der Waals surface area (Å²) in [6, 6.07) is 11.1. The van der Waals surface area contributed by atoms with Gasteiger partial charge in [-0.3, -0.25) is 4.98 Å². The van der Waals surface area contributed by atoms with Crippen LogP contribution in [-0.4, -0.2) is 18.1 Å². The minimum atomic E-state index is 0.410. The Morgan fingerprint density at radius 3 is 3.10 bits per heavy atom. The third-order valence-corrected chi connectivity index (χ3v) is 4.05. The number of ether oxygens (including phenoxy) is 1. The van der Waals surface area contributed by atoms with Gasteiger partial charge in [-0.15, -0.1) is 0 Å². The molecule has 0 aliphatic carbocycles. The number of hydrogen-bond donors (Lipinski definition) is 1. The predicted octanol–water partition coefficient (Wildman–Crippen LogP) is 3.30. The fourth-order valence-corrected chi connectivity index (χ4v) is 2.86. The molecule has 0 bridgehead atoms. The molecule has 3 nitrogen and oxygen atoms in total. The molecule has 1 aromatic heterocycles. The van der Waals surface area contributed by atoms with E-state index in [1.807, 2.05) is 18.5 Å². The zero-order valence-corrected chi connectivity index (χ0v) is 12.5. The van der Waals surface area contributed by atoms with E-state index in [1.165, 1.54) is 16.7 Å². The first kappa shape index (κ1) is 14.1. The van der Waals surface area contributed by atoms with Gasteiger partial charge in [-0.1, -0.05) is 25.1 Å². The molecule has 0 amide bonds. The van der Waals surface area contributed by atoms with Crippen LogP contribution in [0.25, 0.3) is 0 Å². The van der Waals surface area contributed by atoms with Crippen LogP contribution in [-0.2, 0) is 12.8 Å². The maximum absolute atomic E-state index is 5.58. The van der Waals surface area contributed by atoms with Crippen molar-refractivity contribution in [2.24, 2.45) is 0 Å². The second-order valence-corrected chi connectivity index (χ2v) is 5.49. The number of fused-ring (bicyclic) bond motifs is 1. The van der Waals surface area contributed by atoms with Crippen LogP contribution in [0.5, 0.6) is 5.75 Å². The first-order chi connectivity index (χ1) is 10.4. The van der Waals surface area contributed by atoms with Crippen LogP contribution < -0.4 is 10.1 Å². The van der Waals surface area contributed by atoms with E-state index in [-0.39, 0.29) is 0 Å². The molecule has 1 N–H and O–H groups in total. The van der Waals surface area contributed by atoms with E-state index in [4.69, 9.17) is 4.74 Å². The summed E-state index contributed by atoms with van der Waals surface area (Å²) in [5.41, 5.74) is 4.00. The highest BCUT2D eigenvalue weighted by Crippen LogP contribution is 2.29. The third-order valence-electron chi connectivity index (χ3n) is 4.05. The number of hydrogen-bond acceptors (Lipinski definition) is 3. The molecule has 0 fully saturated rings. The van der Waals surface area contributed by atoms with Crippen molar-refractivity contribution in [3.05, 3.63) is 59.4 Å². The van der Waals surface area contributed by atoms with Gasteiger partial charge in [0.05, 0.1) is 6.61 Å². The van der Waals surface area contributed by atoms with Crippen molar-refractivity contribution in [3.8, 4) is 5.75 Å². The largest absolute Gasteiger partial charge is 0.493 e. The lowest BCUT2D eigenvalue weighted by atomic mass is 10.0. The molecule has 0 radical (unpaired) electrons. The van der Waals surface area contributed by atoms with Crippen LogP contribution in [0.15, 0.2) is 42.7 Å². The zero-order valence-electron chi connectivity index (χ0n) is 12.5. The molecule has 0 saturated heterocycles. The maximum Gasteiger partial charge on any atom is 0.122 e. The molecule has 1 atom stereocenters. The Kier molecular flexibility index (Phi) is 4.51. The monoisotopic (exact) mass is 282 g/mol. The lowest BCUT2D eigenvalue weighted by Gasteiger charge is -2.18. The standard InChI is InChI=1S/C18H22N2O/c1-2-17(20-10-7-14-4-3-9-19-13-14)15-5-6-18-16(12-15)8-11-21-18/h3-6,9,12-13,17,20H,2,7-8,10-11H2,1H3. The number of benzene rings is 1. The van der Waals surface area contributed by atoms with Gasteiger partial charge < -0.3 is 10.1 Å². The van der Waals surface area contributed by atoms with E-state index in [9.17, 15) is 0 Å². The number of pyridine rings is 1. The minimum absolute atomic E-state index is 0.410. The van der Waals surface area contributed by atoms with Gasteiger partial charge in [0.1, 0.15) is 5.75 Å². The van der Waals surface area contributed by atoms with Crippen LogP contribution in [0.2, 0.25) is 0 Å². The summed E-state index contributed by atoms with van der Waals surface area (Å²) in [7, 11) is 0. The van der Waals surface area contributed by atoms with Gasteiger partial charge in [-0.2, -0.15) is 0 Å². The number of aromatic nitrogens is 1. The molecule has 21 heavy (non-hydrogen) atoms. The van der Waals surface area contributed by atoms with E-state index >= 15 is 0 Å². The first-order valence-electron chi connectivity index (χ1n) is 7.74. The van der Waals surface area contributed by atoms with Gasteiger partial charge in [0.15, 0.2) is 0 Å². The van der Waals surface area contributed by atoms with Gasteiger partial charge in [0, 0.05) is 24.9 Å². The average molecular weight is 282 g/mol. The van der Waals surface area contributed by atoms with Crippen LogP contribution in [0.1, 0.15) is 36.1 Å². The van der Waals surface area contributed by atoms with Crippen LogP contribution >= 0.6 is 0 Å². The Morgan fingerprint density at radius 1 is 1.33 bits per heavy atom. The lowest BCUT2D eigenvalue weighted by molar-refractivity contribution is 0.356. The summed E-state index contributed by atoms with van der Waals surface area (Å²) in [6.07, 6.45) is 6.90. The highest BCUT2D eigenvalue weighted by atomic mass is 16.5. The van der Waals surface area contributed by atoms with Gasteiger partial charge in [0.25, 0.3) is 0 Å². The SMILES string of the molecule is CCC(NCCc1cccnc1)c1ccc2c(c1)CCO2. The number of rotatable bonds is 6. The Bertz CT molecular complexity index is 583. The first-order valence-corrected chi connectivity index (χ1v) is 7.74. The molecule has 110 valence electrons. The van der Waals surface area contributed by atoms with E-state index in [0.29, 0.717) is 6.04 Å². The summed E-state index contributed by atoms with van der Waals surface area (Å²) in [5, 5.41) is 3.66. The second kappa shape index (κ2) is 6.72. The number of nitrogens with zero attached hydrogens (tertiary/aromatic N) is 1. The van der Waals surface area contributed by atoms with Crippen LogP contribution in [0, 0.1) is 0 Å². The molecule has 0 spiro atoms. The van der Waals surface area contributed by atoms with E-state index in [1.54, 1.807) is 0 Å². The van der Waals surface area contributed by atoms with E-state index in [0.717, 1.165) is 38.2 Å². The Hall–Kier alpha value is -1.87. The van der Waals surface area contributed by atoms with Crippen LogP contribution in [0.3, 0.4) is 0 Å². The summed E-state index contributed by atoms with van der Waals surface area (Å²) in [5.74, 6) is 1.06. The molecule has 1 aliphatic heterocycles. The van der Waals surface area contributed by atoms with Crippen LogP contribution in [0.4, 0.5) is 0 Å². The van der Waals surface area contributed by atoms with Crippen molar-refractivity contribution in [3.63, 3.8) is 0 Å². The smallest absolute Gasteiger partial charge is 0.122 e. The molecule has 1 unspecified atom stereocenters. The van der Waals surface area contributed by atoms with Crippen molar-refractivity contribution in [2.45, 2.75) is 32.2 Å². The Labute approximate surface area is 126 Å². The van der Waals surface area contributed by atoms with Gasteiger partial charge in [0.2, 0.25) is 0 Å².